The standard InChI is InChI=1S/C12H15IN4O/c1-7(11(18)16(2)3)17-10-5-4-8(13)6-9(10)15-12(17)14/h4-7H,1-3H3,(H2,14,15). The third-order valence-electron chi connectivity index (χ3n) is 2.86. The maximum absolute atomic E-state index is 12.0. The average Bonchev–Trinajstić information content (AvgIpc) is 2.62. The van der Waals surface area contributed by atoms with Gasteiger partial charge in [-0.25, -0.2) is 4.98 Å². The number of benzene rings is 1. The van der Waals surface area contributed by atoms with Crippen LogP contribution in [0.5, 0.6) is 0 Å². The molecule has 0 saturated heterocycles. The molecule has 0 saturated carbocycles. The number of hydrogen-bond donors (Lipinski definition) is 1. The summed E-state index contributed by atoms with van der Waals surface area (Å²) in [4.78, 5) is 17.9. The second-order valence-electron chi connectivity index (χ2n) is 4.38. The summed E-state index contributed by atoms with van der Waals surface area (Å²) in [6, 6.07) is 5.52. The summed E-state index contributed by atoms with van der Waals surface area (Å²) < 4.78 is 2.87. The van der Waals surface area contributed by atoms with E-state index in [-0.39, 0.29) is 11.9 Å². The number of imidazole rings is 1. The van der Waals surface area contributed by atoms with Gasteiger partial charge < -0.3 is 10.6 Å². The number of amides is 1. The normalized spacial score (nSPS) is 12.7. The predicted molar refractivity (Wildman–Crippen MR) is 80.3 cm³/mol. The lowest BCUT2D eigenvalue weighted by Crippen LogP contribution is -2.30. The van der Waals surface area contributed by atoms with Gasteiger partial charge in [-0.2, -0.15) is 0 Å². The van der Waals surface area contributed by atoms with Gasteiger partial charge in [-0.15, -0.1) is 0 Å². The number of likely N-dealkylation sites (N-methyl/N-ethyl adjacent to an activating group) is 1. The molecular formula is C12H15IN4O. The Morgan fingerprint density at radius 1 is 1.50 bits per heavy atom. The summed E-state index contributed by atoms with van der Waals surface area (Å²) in [6.07, 6.45) is 0. The molecule has 1 amide bonds. The summed E-state index contributed by atoms with van der Waals surface area (Å²) in [5, 5.41) is 0. The zero-order valence-corrected chi connectivity index (χ0v) is 12.7. The molecule has 0 aliphatic heterocycles. The summed E-state index contributed by atoms with van der Waals surface area (Å²) in [5.41, 5.74) is 7.62. The van der Waals surface area contributed by atoms with E-state index in [0.29, 0.717) is 5.95 Å². The molecule has 1 unspecified atom stereocenters. The molecule has 18 heavy (non-hydrogen) atoms. The van der Waals surface area contributed by atoms with Crippen molar-refractivity contribution >= 4 is 45.5 Å². The lowest BCUT2D eigenvalue weighted by molar-refractivity contribution is -0.131. The third-order valence-corrected chi connectivity index (χ3v) is 3.54. The maximum atomic E-state index is 12.0. The van der Waals surface area contributed by atoms with E-state index in [1.807, 2.05) is 25.1 Å². The van der Waals surface area contributed by atoms with Crippen molar-refractivity contribution in [2.45, 2.75) is 13.0 Å². The van der Waals surface area contributed by atoms with Crippen LogP contribution in [0.3, 0.4) is 0 Å². The molecule has 0 aliphatic carbocycles. The number of nitrogens with two attached hydrogens (primary N) is 1. The van der Waals surface area contributed by atoms with Crippen LogP contribution >= 0.6 is 22.6 Å². The molecule has 0 radical (unpaired) electrons. The van der Waals surface area contributed by atoms with Crippen molar-refractivity contribution < 1.29 is 4.79 Å². The van der Waals surface area contributed by atoms with Gasteiger partial charge >= 0.3 is 0 Å². The van der Waals surface area contributed by atoms with Gasteiger partial charge in [0.2, 0.25) is 11.9 Å². The minimum Gasteiger partial charge on any atom is -0.369 e. The maximum Gasteiger partial charge on any atom is 0.244 e. The van der Waals surface area contributed by atoms with E-state index in [4.69, 9.17) is 5.73 Å². The lowest BCUT2D eigenvalue weighted by Gasteiger charge is -2.19. The zero-order valence-electron chi connectivity index (χ0n) is 10.5. The van der Waals surface area contributed by atoms with Crippen molar-refractivity contribution in [1.29, 1.82) is 0 Å². The van der Waals surface area contributed by atoms with Gasteiger partial charge in [0, 0.05) is 17.7 Å². The summed E-state index contributed by atoms with van der Waals surface area (Å²) in [5.74, 6) is 0.370. The highest BCUT2D eigenvalue weighted by Crippen LogP contribution is 2.24. The molecule has 2 aromatic rings. The van der Waals surface area contributed by atoms with Crippen LogP contribution in [-0.4, -0.2) is 34.5 Å². The third kappa shape index (κ3) is 2.16. The Hall–Kier alpha value is -1.31. The van der Waals surface area contributed by atoms with Crippen LogP contribution in [0, 0.1) is 3.57 Å². The first kappa shape index (κ1) is 13.1. The van der Waals surface area contributed by atoms with Crippen LogP contribution in [-0.2, 0) is 4.79 Å². The van der Waals surface area contributed by atoms with E-state index >= 15 is 0 Å². The Bertz CT molecular complexity index is 605. The zero-order chi connectivity index (χ0) is 13.4. The molecule has 96 valence electrons. The number of aromatic nitrogens is 2. The summed E-state index contributed by atoms with van der Waals surface area (Å²) in [6.45, 7) is 1.83. The Labute approximate surface area is 119 Å². The van der Waals surface area contributed by atoms with Gasteiger partial charge in [-0.1, -0.05) is 0 Å². The predicted octanol–water partition coefficient (Wildman–Crippen LogP) is 1.87. The summed E-state index contributed by atoms with van der Waals surface area (Å²) in [7, 11) is 3.47. The van der Waals surface area contributed by atoms with Crippen LogP contribution in [0.1, 0.15) is 13.0 Å². The number of nitrogen functional groups attached to an aromatic ring is 1. The quantitative estimate of drug-likeness (QED) is 0.834. The van der Waals surface area contributed by atoms with Crippen LogP contribution in [0.25, 0.3) is 11.0 Å². The Morgan fingerprint density at radius 3 is 2.78 bits per heavy atom. The van der Waals surface area contributed by atoms with Crippen LogP contribution in [0.15, 0.2) is 18.2 Å². The van der Waals surface area contributed by atoms with Gasteiger partial charge in [-0.3, -0.25) is 9.36 Å². The van der Waals surface area contributed by atoms with E-state index < -0.39 is 0 Å². The second-order valence-corrected chi connectivity index (χ2v) is 5.63. The van der Waals surface area contributed by atoms with Gasteiger partial charge in [0.25, 0.3) is 0 Å². The fourth-order valence-electron chi connectivity index (χ4n) is 1.98. The van der Waals surface area contributed by atoms with E-state index in [1.54, 1.807) is 23.6 Å². The highest BCUT2D eigenvalue weighted by Gasteiger charge is 2.21. The molecule has 0 aliphatic rings. The number of nitrogens with zero attached hydrogens (tertiary/aromatic N) is 3. The SMILES string of the molecule is CC(C(=O)N(C)C)n1c(N)nc2cc(I)ccc21. The average molecular weight is 358 g/mol. The number of fused-ring (bicyclic) bond motifs is 1. The molecule has 1 aromatic heterocycles. The van der Waals surface area contributed by atoms with Crippen LogP contribution < -0.4 is 5.73 Å². The first-order valence-corrected chi connectivity index (χ1v) is 6.64. The second kappa shape index (κ2) is 4.75. The molecule has 2 rings (SSSR count). The molecule has 1 aromatic carbocycles. The molecule has 1 atom stereocenters. The van der Waals surface area contributed by atoms with Crippen molar-refractivity contribution in [2.75, 3.05) is 19.8 Å². The smallest absolute Gasteiger partial charge is 0.244 e. The van der Waals surface area contributed by atoms with Crippen LogP contribution in [0.2, 0.25) is 0 Å². The Morgan fingerprint density at radius 2 is 2.17 bits per heavy atom. The number of halogens is 1. The van der Waals surface area contributed by atoms with Crippen molar-refractivity contribution in [3.63, 3.8) is 0 Å². The number of carbonyl (C=O) groups is 1. The van der Waals surface area contributed by atoms with Gasteiger partial charge in [0.05, 0.1) is 11.0 Å². The molecular weight excluding hydrogens is 343 g/mol. The Balaban J connectivity index is 2.57. The Kier molecular flexibility index (Phi) is 3.47. The molecule has 2 N–H and O–H groups in total. The van der Waals surface area contributed by atoms with E-state index in [1.165, 1.54) is 0 Å². The van der Waals surface area contributed by atoms with Gasteiger partial charge in [-0.05, 0) is 47.7 Å². The molecule has 0 spiro atoms. The number of rotatable bonds is 2. The van der Waals surface area contributed by atoms with E-state index in [2.05, 4.69) is 27.6 Å². The fraction of sp³-hybridized carbons (Fsp3) is 0.333. The van der Waals surface area contributed by atoms with Crippen molar-refractivity contribution in [1.82, 2.24) is 14.5 Å². The van der Waals surface area contributed by atoms with Crippen molar-refractivity contribution in [3.8, 4) is 0 Å². The molecule has 1 heterocycles. The lowest BCUT2D eigenvalue weighted by atomic mass is 10.2. The molecule has 6 heteroatoms. The highest BCUT2D eigenvalue weighted by atomic mass is 127. The van der Waals surface area contributed by atoms with E-state index in [9.17, 15) is 4.79 Å². The fourth-order valence-corrected chi connectivity index (χ4v) is 2.46. The molecule has 5 nitrogen and oxygen atoms in total. The molecule has 0 bridgehead atoms. The number of hydrogen-bond acceptors (Lipinski definition) is 3. The summed E-state index contributed by atoms with van der Waals surface area (Å²) >= 11 is 2.22. The van der Waals surface area contributed by atoms with Crippen LogP contribution in [0.4, 0.5) is 5.95 Å². The molecule has 0 fully saturated rings. The first-order chi connectivity index (χ1) is 8.41. The minimum absolute atomic E-state index is 0.000417. The topological polar surface area (TPSA) is 64.2 Å². The minimum atomic E-state index is -0.356. The number of anilines is 1. The largest absolute Gasteiger partial charge is 0.369 e. The van der Waals surface area contributed by atoms with E-state index in [0.717, 1.165) is 14.6 Å². The first-order valence-electron chi connectivity index (χ1n) is 5.56. The van der Waals surface area contributed by atoms with Gasteiger partial charge in [0.15, 0.2) is 0 Å². The van der Waals surface area contributed by atoms with Crippen molar-refractivity contribution in [2.24, 2.45) is 0 Å². The number of carbonyl (C=O) groups excluding carboxylic acids is 1. The van der Waals surface area contributed by atoms with Gasteiger partial charge in [0.1, 0.15) is 6.04 Å². The highest BCUT2D eigenvalue weighted by molar-refractivity contribution is 14.1. The van der Waals surface area contributed by atoms with Crippen molar-refractivity contribution in [3.05, 3.63) is 21.8 Å². The monoisotopic (exact) mass is 358 g/mol.